The van der Waals surface area contributed by atoms with E-state index in [1.807, 2.05) is 12.1 Å². The normalized spacial score (nSPS) is 14.3. The molecular weight excluding hydrogens is 1960 g/mol. The van der Waals surface area contributed by atoms with Gasteiger partial charge in [0.1, 0.15) is 12.7 Å². The number of phenols is 27. The van der Waals surface area contributed by atoms with Crippen LogP contribution in [0.4, 0.5) is 0 Å². The van der Waals surface area contributed by atoms with Crippen LogP contribution in [0.3, 0.4) is 0 Å². The molecule has 51 nitrogen and oxygen atoms in total. The van der Waals surface area contributed by atoms with Crippen molar-refractivity contribution < 1.29 is 252 Å². The van der Waals surface area contributed by atoms with Gasteiger partial charge in [-0.1, -0.05) is 0 Å². The van der Waals surface area contributed by atoms with Gasteiger partial charge in [-0.25, -0.2) is 47.9 Å². The molecule has 1 saturated heterocycles. The standard InChI is InChI=1S/C76H52O46.C19H17NO4/c77-32-1-22(2-33(78)53(32)92)67(103)113-47-16-27(11-42(87)58(47)97)66(102)112-21-52-63(119-72(108)28-12-43(88)59(98)48(17-28)114-68(104)23-3-34(79)54(93)35(80)4-23)64(120-73(109)29-13-44(89)60(99)49(18-29)115-69(105)24-5-36(81)55(94)37(82)6-24)65(121-74(110)30-14-45(90)61(100)50(19-30)116-70(106)25-7-38(83)56(95)39(84)8-25)76(118-52)122-75(111)31-15-46(91)62(101)51(20-31)117-71(107)26-9-40(85)57(96)41(86)10-26;1-23-18-4-3-11-7-15-13-9-17(22)16(21)8-12(13)5-6-20(15)10-14(11)19(18)24-2/h1-20,52,63-65,76-101H,21H2;3-4,7-10,22H,5-6H2,1-2H3/p+1/t52-,63-,64+,65-,76?;/m1./s1. The highest BCUT2D eigenvalue weighted by atomic mass is 16.8. The number of aromatic nitrogens is 1. The number of hydrogen-bond acceptors (Lipinski definition) is 50. The molecular formula is C95H70NO50+. The van der Waals surface area contributed by atoms with Gasteiger partial charge in [-0.15, -0.1) is 0 Å². The first kappa shape index (κ1) is 101. The van der Waals surface area contributed by atoms with Crippen molar-refractivity contribution in [2.24, 2.45) is 0 Å². The van der Waals surface area contributed by atoms with E-state index in [9.17, 15) is 171 Å². The number of aryl methyl sites for hydroxylation is 2. The van der Waals surface area contributed by atoms with Crippen molar-refractivity contribution in [2.75, 3.05) is 20.8 Å². The lowest BCUT2D eigenvalue weighted by Gasteiger charge is -2.43. The summed E-state index contributed by atoms with van der Waals surface area (Å²) in [5.74, 6) is -54.7. The number of carbonyl (C=O) groups excluding carboxylic acids is 10. The molecule has 0 bridgehead atoms. The molecule has 146 heavy (non-hydrogen) atoms. The number of fused-ring (bicyclic) bond motifs is 4. The molecule has 13 aromatic rings. The minimum atomic E-state index is -3.12. The fourth-order valence-electron chi connectivity index (χ4n) is 14.3. The van der Waals surface area contributed by atoms with Crippen molar-refractivity contribution in [1.82, 2.24) is 0 Å². The molecule has 2 aliphatic heterocycles. The average molecular weight is 2030 g/mol. The maximum Gasteiger partial charge on any atom is 0.343 e. The summed E-state index contributed by atoms with van der Waals surface area (Å²) >= 11 is 0. The summed E-state index contributed by atoms with van der Waals surface area (Å²) in [5.41, 5.74) is -6.91. The first-order valence-corrected chi connectivity index (χ1v) is 40.9. The van der Waals surface area contributed by atoms with Gasteiger partial charge in [-0.2, -0.15) is 4.57 Å². The molecule has 51 heteroatoms. The number of methoxy groups -OCH3 is 2. The number of nitrogens with zero attached hydrogens (tertiary/aromatic N) is 1. The van der Waals surface area contributed by atoms with Crippen LogP contribution in [-0.2, 0) is 41.4 Å². The lowest BCUT2D eigenvalue weighted by atomic mass is 9.95. The number of esters is 10. The summed E-state index contributed by atoms with van der Waals surface area (Å²) < 4.78 is 73.5. The second kappa shape index (κ2) is 40.2. The van der Waals surface area contributed by atoms with Crippen molar-refractivity contribution in [3.05, 3.63) is 219 Å². The highest BCUT2D eigenvalue weighted by Crippen LogP contribution is 2.50. The average Bonchev–Trinajstić information content (AvgIpc) is 0.758. The van der Waals surface area contributed by atoms with Gasteiger partial charge in [0.15, 0.2) is 192 Å². The number of ether oxygens (including phenoxy) is 13. The molecule has 1 unspecified atom stereocenters. The molecule has 0 amide bonds. The second-order valence-electron chi connectivity index (χ2n) is 31.0. The molecule has 754 valence electrons. The van der Waals surface area contributed by atoms with E-state index >= 15 is 14.4 Å². The van der Waals surface area contributed by atoms with E-state index in [1.54, 1.807) is 26.4 Å². The molecule has 3 heterocycles. The van der Waals surface area contributed by atoms with Crippen LogP contribution in [-0.4, -0.2) is 249 Å². The number of phenolic OH excluding ortho intramolecular Hbond substituents is 27. The Hall–Kier alpha value is -21.1. The molecule has 0 radical (unpaired) electrons. The maximum absolute atomic E-state index is 15.3. The third-order valence-electron chi connectivity index (χ3n) is 21.5. The topological polar surface area (TPSA) is 841 Å². The molecule has 1 aromatic heterocycles. The zero-order chi connectivity index (χ0) is 106. The van der Waals surface area contributed by atoms with Gasteiger partial charge in [0.2, 0.25) is 46.8 Å². The van der Waals surface area contributed by atoms with Crippen LogP contribution in [0.25, 0.3) is 22.0 Å². The van der Waals surface area contributed by atoms with E-state index in [2.05, 4.69) is 16.8 Å². The van der Waals surface area contributed by atoms with Gasteiger partial charge >= 0.3 is 59.7 Å². The van der Waals surface area contributed by atoms with Gasteiger partial charge in [-0.3, -0.25) is 0 Å². The largest absolute Gasteiger partial charge is 0.504 e. The Bertz CT molecular complexity index is 7540. The van der Waals surface area contributed by atoms with E-state index in [0.29, 0.717) is 133 Å². The monoisotopic (exact) mass is 2020 g/mol. The predicted molar refractivity (Wildman–Crippen MR) is 473 cm³/mol. The van der Waals surface area contributed by atoms with Crippen molar-refractivity contribution in [3.8, 4) is 207 Å². The van der Waals surface area contributed by atoms with Crippen LogP contribution in [0.15, 0.2) is 158 Å². The highest BCUT2D eigenvalue weighted by Gasteiger charge is 2.56. The van der Waals surface area contributed by atoms with E-state index in [0.717, 1.165) is 40.6 Å². The Balaban J connectivity index is 0.000000606. The Morgan fingerprint density at radius 1 is 0.281 bits per heavy atom. The molecule has 1 fully saturated rings. The minimum Gasteiger partial charge on any atom is -0.504 e. The lowest BCUT2D eigenvalue weighted by molar-refractivity contribution is -0.686. The van der Waals surface area contributed by atoms with Crippen molar-refractivity contribution in [1.29, 1.82) is 0 Å². The van der Waals surface area contributed by atoms with Gasteiger partial charge in [0.25, 0.3) is 0 Å². The third-order valence-corrected chi connectivity index (χ3v) is 21.5. The van der Waals surface area contributed by atoms with Crippen LogP contribution in [0.1, 0.15) is 109 Å². The number of carbonyl (C=O) groups is 10. The highest BCUT2D eigenvalue weighted by molar-refractivity contribution is 6.01. The minimum absolute atomic E-state index is 0.0746. The zero-order valence-electron chi connectivity index (χ0n) is 73.4. The Kier molecular flexibility index (Phi) is 27.7. The van der Waals surface area contributed by atoms with Crippen LogP contribution in [0, 0.1) is 0 Å². The molecule has 2 aliphatic rings. The van der Waals surface area contributed by atoms with Crippen molar-refractivity contribution >= 4 is 70.5 Å². The molecule has 27 N–H and O–H groups in total. The quantitative estimate of drug-likeness (QED) is 0.00962. The van der Waals surface area contributed by atoms with Crippen molar-refractivity contribution in [3.63, 3.8) is 0 Å². The van der Waals surface area contributed by atoms with E-state index in [4.69, 9.17) is 61.6 Å². The predicted octanol–water partition coefficient (Wildman–Crippen LogP) is 7.62. The summed E-state index contributed by atoms with van der Waals surface area (Å²) in [6.07, 6.45) is -12.2. The molecule has 12 aromatic carbocycles. The summed E-state index contributed by atoms with van der Waals surface area (Å²) in [5, 5.41) is 283. The fourth-order valence-corrected chi connectivity index (χ4v) is 14.3. The molecule has 15 rings (SSSR count). The first-order chi connectivity index (χ1) is 69.0. The first-order valence-electron chi connectivity index (χ1n) is 40.9. The van der Waals surface area contributed by atoms with Crippen LogP contribution < -0.4 is 37.7 Å². The third kappa shape index (κ3) is 20.6. The lowest BCUT2D eigenvalue weighted by Crippen LogP contribution is -2.63. The van der Waals surface area contributed by atoms with E-state index < -0.39 is 325 Å². The van der Waals surface area contributed by atoms with Gasteiger partial charge < -0.3 is 199 Å². The number of rotatable bonds is 23. The summed E-state index contributed by atoms with van der Waals surface area (Å²) in [6, 6.07) is 17.8. The summed E-state index contributed by atoms with van der Waals surface area (Å²) in [6.45, 7) is -0.913. The van der Waals surface area contributed by atoms with Crippen LogP contribution in [0.2, 0.25) is 0 Å². The molecule has 0 saturated carbocycles. The number of hydrogen-bond donors (Lipinski definition) is 27. The smallest absolute Gasteiger partial charge is 0.343 e. The maximum atomic E-state index is 15.3. The van der Waals surface area contributed by atoms with Crippen molar-refractivity contribution in [2.45, 2.75) is 43.7 Å². The SMILES string of the molecule is COc1ccc2cc3[n+](cc2c1OC)CCc1cc(O)c(O)cc1-3.O=C(OC[C@H]1OC(OC(=O)c2cc(O)c(O)c(OC(=O)c3cc(O)c(O)c(O)c3)c2)[C@H](OC(=O)c2cc(O)c(O)c(OC(=O)c3cc(O)c(O)c(O)c3)c2)[C@@H](OC(=O)c2cc(O)c(O)c(OC(=O)c3cc(O)c(O)c(O)c3)c2)[C@@H]1OC(=O)c1cc(O)c(O)c(OC(=O)c2cc(O)c(O)c(O)c2)c1)c1cc(O)c(O)c(OC(=O)c2cc(O)c(O)c(O)c2)c1. The fraction of sp³-hybridized carbons (Fsp3) is 0.105. The number of pyridine rings is 1. The second-order valence-corrected chi connectivity index (χ2v) is 31.0. The van der Waals surface area contributed by atoms with E-state index in [-0.39, 0.29) is 11.5 Å². The summed E-state index contributed by atoms with van der Waals surface area (Å²) in [7, 11) is 3.26. The summed E-state index contributed by atoms with van der Waals surface area (Å²) in [4.78, 5) is 142. The Morgan fingerprint density at radius 2 is 0.555 bits per heavy atom. The molecule has 0 aliphatic carbocycles. The van der Waals surface area contributed by atoms with Crippen LogP contribution >= 0.6 is 0 Å². The van der Waals surface area contributed by atoms with E-state index in [1.165, 1.54) is 0 Å². The van der Waals surface area contributed by atoms with Gasteiger partial charge in [0.05, 0.1) is 80.8 Å². The zero-order valence-corrected chi connectivity index (χ0v) is 73.4. The Morgan fingerprint density at radius 3 is 0.863 bits per heavy atom. The number of benzene rings is 12. The Labute approximate surface area is 809 Å². The molecule has 0 spiro atoms. The number of aromatic hydroxyl groups is 27. The van der Waals surface area contributed by atoms with Gasteiger partial charge in [0, 0.05) is 12.5 Å². The van der Waals surface area contributed by atoms with Gasteiger partial charge in [-0.05, 0) is 157 Å². The van der Waals surface area contributed by atoms with Crippen LogP contribution in [0.5, 0.6) is 195 Å². The molecule has 5 atom stereocenters.